The fraction of sp³-hybridized carbons (Fsp3) is 0.273. The maximum absolute atomic E-state index is 11.9. The number of hydrogen-bond acceptors (Lipinski definition) is 8. The first kappa shape index (κ1) is 19.6. The van der Waals surface area contributed by atoms with Crippen LogP contribution in [0.2, 0.25) is 0 Å². The minimum Gasteiger partial charge on any atom is -0.486 e. The highest BCUT2D eigenvalue weighted by Crippen LogP contribution is 2.31. The molecule has 30 heavy (non-hydrogen) atoms. The lowest BCUT2D eigenvalue weighted by Gasteiger charge is -2.19. The van der Waals surface area contributed by atoms with Crippen molar-refractivity contribution in [1.29, 1.82) is 0 Å². The molecular weight excluding hydrogens is 384 g/mol. The summed E-state index contributed by atoms with van der Waals surface area (Å²) < 4.78 is 16.3. The summed E-state index contributed by atoms with van der Waals surface area (Å²) in [7, 11) is 0. The van der Waals surface area contributed by atoms with Gasteiger partial charge < -0.3 is 14.2 Å². The molecule has 1 aromatic heterocycles. The van der Waals surface area contributed by atoms with E-state index in [1.807, 2.05) is 42.5 Å². The van der Waals surface area contributed by atoms with Gasteiger partial charge in [-0.15, -0.1) is 0 Å². The number of nitrogens with zero attached hydrogens (tertiary/aromatic N) is 3. The van der Waals surface area contributed by atoms with Crippen molar-refractivity contribution in [3.8, 4) is 11.5 Å². The van der Waals surface area contributed by atoms with Gasteiger partial charge in [-0.25, -0.2) is 9.97 Å². The van der Waals surface area contributed by atoms with E-state index in [1.54, 1.807) is 6.92 Å². The van der Waals surface area contributed by atoms with E-state index in [9.17, 15) is 4.79 Å². The van der Waals surface area contributed by atoms with Gasteiger partial charge in [-0.3, -0.25) is 10.2 Å². The van der Waals surface area contributed by atoms with E-state index in [0.29, 0.717) is 49.3 Å². The normalized spacial score (nSPS) is 13.2. The summed E-state index contributed by atoms with van der Waals surface area (Å²) in [6.45, 7) is 3.16. The third kappa shape index (κ3) is 4.48. The molecule has 0 unspecified atom stereocenters. The quantitative estimate of drug-likeness (QED) is 0.364. The smallest absolute Gasteiger partial charge is 0.306 e. The van der Waals surface area contributed by atoms with Crippen LogP contribution in [0.4, 0.5) is 5.82 Å². The van der Waals surface area contributed by atoms with Gasteiger partial charge in [-0.2, -0.15) is 5.10 Å². The molecule has 0 radical (unpaired) electrons. The highest BCUT2D eigenvalue weighted by atomic mass is 16.6. The van der Waals surface area contributed by atoms with Crippen molar-refractivity contribution < 1.29 is 19.0 Å². The Balaban J connectivity index is 1.63. The number of nitrogens with one attached hydrogen (secondary N) is 1. The van der Waals surface area contributed by atoms with Gasteiger partial charge in [-0.05, 0) is 37.3 Å². The number of hydrogen-bond donors (Lipinski definition) is 1. The summed E-state index contributed by atoms with van der Waals surface area (Å²) >= 11 is 0. The first-order chi connectivity index (χ1) is 14.7. The van der Waals surface area contributed by atoms with Gasteiger partial charge in [0.1, 0.15) is 19.5 Å². The van der Waals surface area contributed by atoms with Crippen LogP contribution in [0.1, 0.15) is 25.3 Å². The van der Waals surface area contributed by atoms with Gasteiger partial charge in [-0.1, -0.05) is 12.1 Å². The zero-order valence-corrected chi connectivity index (χ0v) is 16.6. The van der Waals surface area contributed by atoms with Gasteiger partial charge in [0.25, 0.3) is 0 Å². The molecule has 0 atom stereocenters. The number of aromatic nitrogens is 2. The largest absolute Gasteiger partial charge is 0.486 e. The SMILES string of the molecule is CCOC(=O)CCC(=NNc1ncnc2ccccc12)c1ccc2c(c1)OCCO2. The molecular formula is C22H22N4O4. The van der Waals surface area contributed by atoms with Crippen molar-refractivity contribution in [3.63, 3.8) is 0 Å². The molecule has 4 rings (SSSR count). The number of para-hydroxylation sites is 1. The van der Waals surface area contributed by atoms with Crippen LogP contribution in [0.15, 0.2) is 53.9 Å². The Morgan fingerprint density at radius 2 is 1.93 bits per heavy atom. The molecule has 8 nitrogen and oxygen atoms in total. The molecule has 8 heteroatoms. The molecule has 0 fully saturated rings. The fourth-order valence-electron chi connectivity index (χ4n) is 3.16. The minimum absolute atomic E-state index is 0.216. The van der Waals surface area contributed by atoms with Crippen LogP contribution in [0, 0.1) is 0 Å². The van der Waals surface area contributed by atoms with E-state index < -0.39 is 0 Å². The van der Waals surface area contributed by atoms with E-state index in [0.717, 1.165) is 16.5 Å². The van der Waals surface area contributed by atoms with E-state index in [4.69, 9.17) is 14.2 Å². The molecule has 0 aliphatic carbocycles. The zero-order chi connectivity index (χ0) is 20.8. The second kappa shape index (κ2) is 9.21. The topological polar surface area (TPSA) is 94.9 Å². The van der Waals surface area contributed by atoms with Crippen molar-refractivity contribution in [3.05, 3.63) is 54.4 Å². The number of rotatable bonds is 7. The van der Waals surface area contributed by atoms with E-state index >= 15 is 0 Å². The van der Waals surface area contributed by atoms with Gasteiger partial charge in [0.15, 0.2) is 17.3 Å². The molecule has 154 valence electrons. The number of hydrazone groups is 1. The molecule has 2 aromatic carbocycles. The minimum atomic E-state index is -0.268. The highest BCUT2D eigenvalue weighted by Gasteiger charge is 2.16. The molecule has 1 aliphatic rings. The Morgan fingerprint density at radius 1 is 1.10 bits per heavy atom. The lowest BCUT2D eigenvalue weighted by molar-refractivity contribution is -0.142. The van der Waals surface area contributed by atoms with Crippen molar-refractivity contribution >= 4 is 28.4 Å². The molecule has 0 bridgehead atoms. The standard InChI is InChI=1S/C22H22N4O4/c1-2-28-21(27)10-8-17(15-7-9-19-20(13-15)30-12-11-29-19)25-26-22-16-5-3-4-6-18(16)23-14-24-22/h3-7,9,13-14H,2,8,10-12H2,1H3,(H,23,24,26). The van der Waals surface area contributed by atoms with Crippen LogP contribution in [0.5, 0.6) is 11.5 Å². The Labute approximate surface area is 173 Å². The fourth-order valence-corrected chi connectivity index (χ4v) is 3.16. The summed E-state index contributed by atoms with van der Waals surface area (Å²) in [5, 5.41) is 5.42. The summed E-state index contributed by atoms with van der Waals surface area (Å²) in [5.41, 5.74) is 5.36. The lowest BCUT2D eigenvalue weighted by atomic mass is 10.0. The summed E-state index contributed by atoms with van der Waals surface area (Å²) in [5.74, 6) is 1.68. The summed E-state index contributed by atoms with van der Waals surface area (Å²) in [6.07, 6.45) is 2.10. The van der Waals surface area contributed by atoms with E-state index in [1.165, 1.54) is 6.33 Å². The van der Waals surface area contributed by atoms with Crippen LogP contribution in [-0.2, 0) is 9.53 Å². The van der Waals surface area contributed by atoms with E-state index in [2.05, 4.69) is 20.5 Å². The maximum atomic E-state index is 11.9. The Bertz CT molecular complexity index is 1080. The number of ether oxygens (including phenoxy) is 3. The predicted octanol–water partition coefficient (Wildman–Crippen LogP) is 3.56. The van der Waals surface area contributed by atoms with Crippen LogP contribution in [-0.4, -0.2) is 41.5 Å². The molecule has 3 aromatic rings. The second-order valence-corrected chi connectivity index (χ2v) is 6.57. The number of carbonyl (C=O) groups excluding carboxylic acids is 1. The van der Waals surface area contributed by atoms with Crippen molar-refractivity contribution in [1.82, 2.24) is 9.97 Å². The highest BCUT2D eigenvalue weighted by molar-refractivity contribution is 6.03. The molecule has 2 heterocycles. The van der Waals surface area contributed by atoms with Gasteiger partial charge in [0.05, 0.1) is 24.3 Å². The second-order valence-electron chi connectivity index (χ2n) is 6.57. The number of anilines is 1. The zero-order valence-electron chi connectivity index (χ0n) is 16.6. The van der Waals surface area contributed by atoms with Crippen LogP contribution in [0.3, 0.4) is 0 Å². The molecule has 0 saturated carbocycles. The first-order valence-corrected chi connectivity index (χ1v) is 9.82. The molecule has 0 spiro atoms. The molecule has 1 aliphatic heterocycles. The summed E-state index contributed by atoms with van der Waals surface area (Å²) in [6, 6.07) is 13.3. The van der Waals surface area contributed by atoms with Crippen LogP contribution >= 0.6 is 0 Å². The number of carbonyl (C=O) groups is 1. The van der Waals surface area contributed by atoms with Gasteiger partial charge >= 0.3 is 5.97 Å². The molecule has 0 amide bonds. The third-order valence-corrected chi connectivity index (χ3v) is 4.59. The van der Waals surface area contributed by atoms with Crippen LogP contribution < -0.4 is 14.9 Å². The van der Waals surface area contributed by atoms with Crippen molar-refractivity contribution in [2.24, 2.45) is 5.10 Å². The van der Waals surface area contributed by atoms with Gasteiger partial charge in [0.2, 0.25) is 0 Å². The average Bonchev–Trinajstić information content (AvgIpc) is 2.79. The Morgan fingerprint density at radius 3 is 2.80 bits per heavy atom. The first-order valence-electron chi connectivity index (χ1n) is 9.82. The van der Waals surface area contributed by atoms with Crippen molar-refractivity contribution in [2.45, 2.75) is 19.8 Å². The number of fused-ring (bicyclic) bond motifs is 2. The number of esters is 1. The molecule has 1 N–H and O–H groups in total. The van der Waals surface area contributed by atoms with Crippen molar-refractivity contribution in [2.75, 3.05) is 25.2 Å². The predicted molar refractivity (Wildman–Crippen MR) is 113 cm³/mol. The van der Waals surface area contributed by atoms with E-state index in [-0.39, 0.29) is 12.4 Å². The average molecular weight is 406 g/mol. The summed E-state index contributed by atoms with van der Waals surface area (Å²) in [4.78, 5) is 20.5. The molecule has 0 saturated heterocycles. The number of benzene rings is 2. The Kier molecular flexibility index (Phi) is 6.03. The maximum Gasteiger partial charge on any atom is 0.306 e. The third-order valence-electron chi connectivity index (χ3n) is 4.59. The van der Waals surface area contributed by atoms with Gasteiger partial charge in [0, 0.05) is 17.4 Å². The Hall–Kier alpha value is -3.68. The lowest BCUT2D eigenvalue weighted by Crippen LogP contribution is -2.16. The van der Waals surface area contributed by atoms with Crippen LogP contribution in [0.25, 0.3) is 10.9 Å². The monoisotopic (exact) mass is 406 g/mol.